The number of carbonyl (C=O) groups is 2. The molecule has 1 aromatic rings. The van der Waals surface area contributed by atoms with Gasteiger partial charge in [0.25, 0.3) is 5.91 Å². The Bertz CT molecular complexity index is 866. The number of anilines is 1. The van der Waals surface area contributed by atoms with E-state index >= 15 is 0 Å². The van der Waals surface area contributed by atoms with Crippen molar-refractivity contribution in [2.75, 3.05) is 29.5 Å². The summed E-state index contributed by atoms with van der Waals surface area (Å²) in [6, 6.07) is 4.44. The fourth-order valence-corrected chi connectivity index (χ4v) is 4.99. The topological polar surface area (TPSA) is 92.8 Å². The van der Waals surface area contributed by atoms with Crippen molar-refractivity contribution in [3.63, 3.8) is 0 Å². The second-order valence-electron chi connectivity index (χ2n) is 6.79. The monoisotopic (exact) mass is 452 g/mol. The number of ether oxygens (including phenoxy) is 1. The van der Waals surface area contributed by atoms with E-state index in [4.69, 9.17) is 27.9 Å². The average Bonchev–Trinajstić information content (AvgIpc) is 3.00. The number of carbonyl (C=O) groups excluding carboxylic acids is 2. The second kappa shape index (κ2) is 8.42. The molecule has 1 atom stereocenters. The van der Waals surface area contributed by atoms with Crippen molar-refractivity contribution >= 4 is 50.7 Å². The van der Waals surface area contributed by atoms with Crippen molar-refractivity contribution in [1.82, 2.24) is 5.32 Å². The molecule has 0 aromatic heterocycles. The standard InChI is InChI=1S/C17H19Cl2FN2O5S/c18-15(19)16(23)21-8-12-9-22(17(24)27-12)11-1-2-13(14(20)7-11)10-3-5-28(25,26)6-4-10/h1-2,7,10,12,15H,3-6,8-9H2,(H,21,23)/t12-/m0/s1. The number of benzene rings is 1. The number of sulfone groups is 1. The summed E-state index contributed by atoms with van der Waals surface area (Å²) in [6.07, 6.45) is -0.499. The van der Waals surface area contributed by atoms with Gasteiger partial charge in [0, 0.05) is 0 Å². The molecule has 0 spiro atoms. The minimum absolute atomic E-state index is 0.0358. The molecule has 154 valence electrons. The van der Waals surface area contributed by atoms with Gasteiger partial charge in [0.15, 0.2) is 4.84 Å². The third-order valence-corrected chi connectivity index (χ3v) is 6.98. The van der Waals surface area contributed by atoms with Crippen LogP contribution < -0.4 is 10.2 Å². The Morgan fingerprint density at radius 1 is 1.32 bits per heavy atom. The van der Waals surface area contributed by atoms with Gasteiger partial charge in [-0.15, -0.1) is 0 Å². The molecule has 2 aliphatic rings. The molecule has 1 aromatic carbocycles. The highest BCUT2D eigenvalue weighted by Crippen LogP contribution is 2.33. The zero-order chi connectivity index (χ0) is 20.5. The fourth-order valence-electron chi connectivity index (χ4n) is 3.35. The van der Waals surface area contributed by atoms with Gasteiger partial charge in [0.1, 0.15) is 21.8 Å². The lowest BCUT2D eigenvalue weighted by Gasteiger charge is -2.23. The Morgan fingerprint density at radius 2 is 2.00 bits per heavy atom. The van der Waals surface area contributed by atoms with Crippen molar-refractivity contribution in [2.45, 2.75) is 29.7 Å². The molecule has 2 amide bonds. The van der Waals surface area contributed by atoms with Crippen molar-refractivity contribution in [3.05, 3.63) is 29.6 Å². The molecule has 0 unspecified atom stereocenters. The van der Waals surface area contributed by atoms with Gasteiger partial charge in [-0.1, -0.05) is 29.3 Å². The number of halogens is 3. The maximum atomic E-state index is 14.6. The molecule has 2 fully saturated rings. The minimum Gasteiger partial charge on any atom is -0.442 e. The highest BCUT2D eigenvalue weighted by Gasteiger charge is 2.34. The smallest absolute Gasteiger partial charge is 0.414 e. The predicted molar refractivity (Wildman–Crippen MR) is 103 cm³/mol. The molecule has 0 bridgehead atoms. The number of nitrogens with one attached hydrogen (secondary N) is 1. The number of rotatable bonds is 5. The first-order valence-electron chi connectivity index (χ1n) is 8.70. The number of alkyl halides is 2. The Balaban J connectivity index is 1.65. The third-order valence-electron chi connectivity index (χ3n) is 4.87. The lowest BCUT2D eigenvalue weighted by atomic mass is 9.93. The first-order valence-corrected chi connectivity index (χ1v) is 11.4. The van der Waals surface area contributed by atoms with Crippen LogP contribution in [0.4, 0.5) is 14.9 Å². The van der Waals surface area contributed by atoms with Crippen LogP contribution in [0, 0.1) is 5.82 Å². The molecule has 11 heteroatoms. The Labute approximate surface area is 172 Å². The summed E-state index contributed by atoms with van der Waals surface area (Å²) in [5.74, 6) is -1.14. The summed E-state index contributed by atoms with van der Waals surface area (Å²) >= 11 is 10.9. The van der Waals surface area contributed by atoms with Crippen LogP contribution in [0.5, 0.6) is 0 Å². The van der Waals surface area contributed by atoms with Crippen LogP contribution in [0.25, 0.3) is 0 Å². The molecule has 0 aliphatic carbocycles. The summed E-state index contributed by atoms with van der Waals surface area (Å²) in [5.41, 5.74) is 0.779. The van der Waals surface area contributed by atoms with Gasteiger partial charge in [-0.25, -0.2) is 17.6 Å². The number of hydrogen-bond acceptors (Lipinski definition) is 5. The molecule has 2 heterocycles. The van der Waals surface area contributed by atoms with Crippen LogP contribution in [-0.2, 0) is 19.4 Å². The molecular formula is C17H19Cl2FN2O5S. The molecular weight excluding hydrogens is 434 g/mol. The van der Waals surface area contributed by atoms with Crippen molar-refractivity contribution in [2.24, 2.45) is 0 Å². The van der Waals surface area contributed by atoms with Crippen molar-refractivity contribution in [1.29, 1.82) is 0 Å². The van der Waals surface area contributed by atoms with Crippen LogP contribution in [0.15, 0.2) is 18.2 Å². The van der Waals surface area contributed by atoms with Crippen LogP contribution in [-0.4, -0.2) is 56.0 Å². The zero-order valence-electron chi connectivity index (χ0n) is 14.7. The van der Waals surface area contributed by atoms with E-state index in [0.29, 0.717) is 24.1 Å². The van der Waals surface area contributed by atoms with Crippen LogP contribution in [0.1, 0.15) is 24.3 Å². The van der Waals surface area contributed by atoms with Gasteiger partial charge < -0.3 is 10.1 Å². The summed E-state index contributed by atoms with van der Waals surface area (Å²) in [4.78, 5) is 23.5. The fraction of sp³-hybridized carbons (Fsp3) is 0.529. The van der Waals surface area contributed by atoms with Gasteiger partial charge in [0.2, 0.25) is 0 Å². The van der Waals surface area contributed by atoms with Gasteiger partial charge >= 0.3 is 6.09 Å². The molecule has 2 saturated heterocycles. The molecule has 0 radical (unpaired) electrons. The highest BCUT2D eigenvalue weighted by atomic mass is 35.5. The van der Waals surface area contributed by atoms with E-state index in [1.54, 1.807) is 12.1 Å². The van der Waals surface area contributed by atoms with Crippen LogP contribution in [0.3, 0.4) is 0 Å². The normalized spacial score (nSPS) is 22.4. The lowest BCUT2D eigenvalue weighted by molar-refractivity contribution is -0.119. The van der Waals surface area contributed by atoms with Crippen molar-refractivity contribution in [3.8, 4) is 0 Å². The number of amides is 2. The molecule has 7 nitrogen and oxygen atoms in total. The van der Waals surface area contributed by atoms with Gasteiger partial charge in [0.05, 0.1) is 30.3 Å². The zero-order valence-corrected chi connectivity index (χ0v) is 17.1. The quantitative estimate of drug-likeness (QED) is 0.692. The molecule has 1 N–H and O–H groups in total. The van der Waals surface area contributed by atoms with E-state index in [-0.39, 0.29) is 30.5 Å². The van der Waals surface area contributed by atoms with E-state index < -0.39 is 38.6 Å². The SMILES string of the molecule is O=C(NC[C@H]1CN(c2ccc(C3CCS(=O)(=O)CC3)c(F)c2)C(=O)O1)C(Cl)Cl. The molecule has 28 heavy (non-hydrogen) atoms. The lowest BCUT2D eigenvalue weighted by Crippen LogP contribution is -2.37. The van der Waals surface area contributed by atoms with E-state index in [2.05, 4.69) is 5.32 Å². The van der Waals surface area contributed by atoms with Gasteiger partial charge in [-0.05, 0) is 36.5 Å². The Hall–Kier alpha value is -1.58. The molecule has 0 saturated carbocycles. The Kier molecular flexibility index (Phi) is 6.36. The summed E-state index contributed by atoms with van der Waals surface area (Å²) in [6.45, 7) is 0.170. The van der Waals surface area contributed by atoms with E-state index in [1.165, 1.54) is 11.0 Å². The second-order valence-corrected chi connectivity index (χ2v) is 10.2. The maximum Gasteiger partial charge on any atom is 0.414 e. The maximum absolute atomic E-state index is 14.6. The summed E-state index contributed by atoms with van der Waals surface area (Å²) in [7, 11) is -3.03. The molecule has 3 rings (SSSR count). The summed E-state index contributed by atoms with van der Waals surface area (Å²) in [5, 5.41) is 2.46. The van der Waals surface area contributed by atoms with Crippen LogP contribution in [0.2, 0.25) is 0 Å². The first kappa shape index (κ1) is 21.1. The van der Waals surface area contributed by atoms with Gasteiger partial charge in [-0.2, -0.15) is 0 Å². The number of nitrogens with zero attached hydrogens (tertiary/aromatic N) is 1. The van der Waals surface area contributed by atoms with Gasteiger partial charge in [-0.3, -0.25) is 9.69 Å². The van der Waals surface area contributed by atoms with Crippen LogP contribution >= 0.6 is 23.2 Å². The largest absolute Gasteiger partial charge is 0.442 e. The van der Waals surface area contributed by atoms with Crippen molar-refractivity contribution < 1.29 is 27.1 Å². The average molecular weight is 453 g/mol. The Morgan fingerprint density at radius 3 is 2.61 bits per heavy atom. The number of hydrogen-bond donors (Lipinski definition) is 1. The third kappa shape index (κ3) is 4.87. The highest BCUT2D eigenvalue weighted by molar-refractivity contribution is 7.91. The van der Waals surface area contributed by atoms with E-state index in [9.17, 15) is 22.4 Å². The predicted octanol–water partition coefficient (Wildman–Crippen LogP) is 2.36. The van der Waals surface area contributed by atoms with E-state index in [0.717, 1.165) is 0 Å². The first-order chi connectivity index (χ1) is 13.2. The van der Waals surface area contributed by atoms with E-state index in [1.807, 2.05) is 0 Å². The summed E-state index contributed by atoms with van der Waals surface area (Å²) < 4.78 is 42.9. The number of cyclic esters (lactones) is 1. The minimum atomic E-state index is -3.03. The molecule has 2 aliphatic heterocycles.